The summed E-state index contributed by atoms with van der Waals surface area (Å²) in [5.41, 5.74) is 1.88. The highest BCUT2D eigenvalue weighted by atomic mass is 16.6. The molecule has 102 valence electrons. The van der Waals surface area contributed by atoms with Crippen molar-refractivity contribution in [2.24, 2.45) is 0 Å². The van der Waals surface area contributed by atoms with Gasteiger partial charge in [-0.05, 0) is 23.3 Å². The van der Waals surface area contributed by atoms with E-state index in [1.54, 1.807) is 18.5 Å². The first kappa shape index (κ1) is 12.1. The zero-order chi connectivity index (χ0) is 14.1. The van der Waals surface area contributed by atoms with Crippen LogP contribution in [0.2, 0.25) is 0 Å². The van der Waals surface area contributed by atoms with E-state index in [0.717, 1.165) is 5.56 Å². The molecule has 20 heavy (non-hydrogen) atoms. The summed E-state index contributed by atoms with van der Waals surface area (Å²) in [5.74, 6) is 0. The van der Waals surface area contributed by atoms with Crippen LogP contribution in [0.3, 0.4) is 0 Å². The number of benzene rings is 1. The van der Waals surface area contributed by atoms with Gasteiger partial charge >= 0.3 is 5.69 Å². The van der Waals surface area contributed by atoms with Crippen LogP contribution >= 0.6 is 0 Å². The molecule has 0 bridgehead atoms. The van der Waals surface area contributed by atoms with Crippen LogP contribution in [0.4, 0.5) is 11.4 Å². The lowest BCUT2D eigenvalue weighted by molar-refractivity contribution is -0.383. The third-order valence-corrected chi connectivity index (χ3v) is 2.98. The maximum atomic E-state index is 10.9. The largest absolute Gasteiger partial charge is 0.376 e. The van der Waals surface area contributed by atoms with E-state index in [-0.39, 0.29) is 17.2 Å². The van der Waals surface area contributed by atoms with Crippen LogP contribution in [0.5, 0.6) is 0 Å². The summed E-state index contributed by atoms with van der Waals surface area (Å²) in [5, 5.41) is 28.0. The Balaban J connectivity index is 1.99. The number of hydrogen-bond acceptors (Lipinski definition) is 7. The Morgan fingerprint density at radius 2 is 2.20 bits per heavy atom. The van der Waals surface area contributed by atoms with Gasteiger partial charge in [-0.1, -0.05) is 0 Å². The fourth-order valence-electron chi connectivity index (χ4n) is 1.93. The van der Waals surface area contributed by atoms with Gasteiger partial charge in [-0.2, -0.15) is 5.10 Å². The Kier molecular flexibility index (Phi) is 2.78. The van der Waals surface area contributed by atoms with Gasteiger partial charge in [-0.15, -0.1) is 0 Å². The van der Waals surface area contributed by atoms with Gasteiger partial charge in [-0.25, -0.2) is 4.63 Å². The molecule has 1 atom stereocenters. The quantitative estimate of drug-likeness (QED) is 0.551. The number of H-pyrrole nitrogens is 1. The van der Waals surface area contributed by atoms with Crippen LogP contribution in [0.1, 0.15) is 18.5 Å². The molecule has 0 aliphatic heterocycles. The smallest absolute Gasteiger partial charge is 0.300 e. The van der Waals surface area contributed by atoms with E-state index >= 15 is 0 Å². The van der Waals surface area contributed by atoms with Crippen molar-refractivity contribution in [1.82, 2.24) is 20.5 Å². The number of fused-ring (bicyclic) bond motifs is 1. The van der Waals surface area contributed by atoms with Gasteiger partial charge in [0.05, 0.1) is 22.8 Å². The molecule has 0 saturated carbocycles. The summed E-state index contributed by atoms with van der Waals surface area (Å²) in [7, 11) is 0. The zero-order valence-electron chi connectivity index (χ0n) is 10.4. The minimum atomic E-state index is -0.518. The summed E-state index contributed by atoms with van der Waals surface area (Å²) in [6.07, 6.45) is 3.46. The highest BCUT2D eigenvalue weighted by molar-refractivity contribution is 5.93. The number of anilines is 1. The average Bonchev–Trinajstić information content (AvgIpc) is 3.10. The molecule has 0 aliphatic rings. The van der Waals surface area contributed by atoms with E-state index in [4.69, 9.17) is 0 Å². The van der Waals surface area contributed by atoms with Gasteiger partial charge < -0.3 is 5.32 Å². The molecule has 0 radical (unpaired) electrons. The molecule has 2 heterocycles. The maximum absolute atomic E-state index is 10.9. The molecule has 0 aliphatic carbocycles. The van der Waals surface area contributed by atoms with Gasteiger partial charge in [-0.3, -0.25) is 15.2 Å². The number of aromatic amines is 1. The fourth-order valence-corrected chi connectivity index (χ4v) is 1.93. The molecule has 9 nitrogen and oxygen atoms in total. The van der Waals surface area contributed by atoms with E-state index in [2.05, 4.69) is 30.5 Å². The van der Waals surface area contributed by atoms with E-state index in [1.807, 2.05) is 6.92 Å². The molecule has 0 spiro atoms. The average molecular weight is 274 g/mol. The fraction of sp³-hybridized carbons (Fsp3) is 0.182. The predicted octanol–water partition coefficient (Wildman–Crippen LogP) is 2.03. The molecule has 2 N–H and O–H groups in total. The van der Waals surface area contributed by atoms with Crippen LogP contribution in [-0.2, 0) is 0 Å². The molecule has 1 aromatic carbocycles. The van der Waals surface area contributed by atoms with Gasteiger partial charge in [0.25, 0.3) is 0 Å². The van der Waals surface area contributed by atoms with Gasteiger partial charge in [0.2, 0.25) is 5.52 Å². The van der Waals surface area contributed by atoms with Crippen molar-refractivity contribution >= 4 is 22.4 Å². The molecule has 3 aromatic rings. The number of nitrogens with zero attached hydrogens (tertiary/aromatic N) is 4. The van der Waals surface area contributed by atoms with Crippen molar-refractivity contribution in [2.75, 3.05) is 5.32 Å². The van der Waals surface area contributed by atoms with Crippen LogP contribution < -0.4 is 5.32 Å². The normalized spacial score (nSPS) is 12.4. The second-order valence-electron chi connectivity index (χ2n) is 4.25. The summed E-state index contributed by atoms with van der Waals surface area (Å²) in [6.45, 7) is 1.94. The van der Waals surface area contributed by atoms with Gasteiger partial charge in [0.1, 0.15) is 0 Å². The Morgan fingerprint density at radius 3 is 2.90 bits per heavy atom. The molecule has 0 amide bonds. The van der Waals surface area contributed by atoms with Crippen molar-refractivity contribution < 1.29 is 9.55 Å². The first-order valence-corrected chi connectivity index (χ1v) is 5.81. The molecule has 2 aromatic heterocycles. The standard InChI is InChI=1S/C11H10N6O3/c1-6(7-4-12-13-5-7)14-8-2-3-9(17(18)19)11-10(8)15-20-16-11/h2-6,14H,1H3,(H,12,13). The minimum Gasteiger partial charge on any atom is -0.376 e. The molecular formula is C11H10N6O3. The Labute approximate surface area is 112 Å². The van der Waals surface area contributed by atoms with Crippen LogP contribution in [-0.4, -0.2) is 25.4 Å². The number of hydrogen-bond donors (Lipinski definition) is 2. The second kappa shape index (κ2) is 4.61. The van der Waals surface area contributed by atoms with E-state index < -0.39 is 4.92 Å². The lowest BCUT2D eigenvalue weighted by atomic mass is 10.1. The SMILES string of the molecule is CC(Nc1ccc([N+](=O)[O-])c2nonc12)c1cn[nH]c1. The van der Waals surface area contributed by atoms with Crippen molar-refractivity contribution in [3.05, 3.63) is 40.2 Å². The molecule has 0 fully saturated rings. The van der Waals surface area contributed by atoms with Crippen LogP contribution in [0.25, 0.3) is 11.0 Å². The number of nitrogens with one attached hydrogen (secondary N) is 2. The van der Waals surface area contributed by atoms with Gasteiger partial charge in [0.15, 0.2) is 5.52 Å². The third-order valence-electron chi connectivity index (χ3n) is 2.98. The first-order valence-electron chi connectivity index (χ1n) is 5.81. The molecule has 0 saturated heterocycles. The van der Waals surface area contributed by atoms with Crippen molar-refractivity contribution in [2.45, 2.75) is 13.0 Å². The highest BCUT2D eigenvalue weighted by Crippen LogP contribution is 2.30. The number of nitro benzene ring substituents is 1. The van der Waals surface area contributed by atoms with Crippen molar-refractivity contribution in [1.29, 1.82) is 0 Å². The first-order chi connectivity index (χ1) is 9.66. The summed E-state index contributed by atoms with van der Waals surface area (Å²) in [6, 6.07) is 2.91. The Hall–Kier alpha value is -2.97. The predicted molar refractivity (Wildman–Crippen MR) is 69.1 cm³/mol. The topological polar surface area (TPSA) is 123 Å². The number of aromatic nitrogens is 4. The van der Waals surface area contributed by atoms with Crippen molar-refractivity contribution in [3.63, 3.8) is 0 Å². The lowest BCUT2D eigenvalue weighted by Gasteiger charge is -2.13. The Morgan fingerprint density at radius 1 is 1.40 bits per heavy atom. The van der Waals surface area contributed by atoms with E-state index in [0.29, 0.717) is 11.2 Å². The van der Waals surface area contributed by atoms with Crippen LogP contribution in [0.15, 0.2) is 29.2 Å². The van der Waals surface area contributed by atoms with E-state index in [9.17, 15) is 10.1 Å². The third kappa shape index (κ3) is 1.94. The number of non-ortho nitro benzene ring substituents is 1. The van der Waals surface area contributed by atoms with Gasteiger partial charge in [0, 0.05) is 17.8 Å². The summed E-state index contributed by atoms with van der Waals surface area (Å²) < 4.78 is 4.61. The lowest BCUT2D eigenvalue weighted by Crippen LogP contribution is -2.06. The Bertz CT molecular complexity index is 751. The number of rotatable bonds is 4. The molecular weight excluding hydrogens is 264 g/mol. The highest BCUT2D eigenvalue weighted by Gasteiger charge is 2.20. The number of nitro groups is 1. The minimum absolute atomic E-state index is 0.0462. The van der Waals surface area contributed by atoms with Crippen LogP contribution in [0, 0.1) is 10.1 Å². The molecule has 1 unspecified atom stereocenters. The molecule has 9 heteroatoms. The zero-order valence-corrected chi connectivity index (χ0v) is 10.4. The molecule has 3 rings (SSSR count). The monoisotopic (exact) mass is 274 g/mol. The second-order valence-corrected chi connectivity index (χ2v) is 4.25. The van der Waals surface area contributed by atoms with Crippen molar-refractivity contribution in [3.8, 4) is 0 Å². The summed E-state index contributed by atoms with van der Waals surface area (Å²) >= 11 is 0. The summed E-state index contributed by atoms with van der Waals surface area (Å²) in [4.78, 5) is 10.4. The van der Waals surface area contributed by atoms with E-state index in [1.165, 1.54) is 6.07 Å². The maximum Gasteiger partial charge on any atom is 0.300 e.